The Hall–Kier alpha value is -1.95. The Bertz CT molecular complexity index is 436. The van der Waals surface area contributed by atoms with Crippen molar-refractivity contribution in [2.75, 3.05) is 53.3 Å². The molecule has 1 aromatic rings. The summed E-state index contributed by atoms with van der Waals surface area (Å²) in [6.45, 7) is 1.68. The fourth-order valence-corrected chi connectivity index (χ4v) is 1.61. The number of hydrogen-bond donors (Lipinski definition) is 2. The minimum atomic E-state index is -0.0402. The summed E-state index contributed by atoms with van der Waals surface area (Å²) in [5, 5.41) is 5.88. The van der Waals surface area contributed by atoms with Crippen molar-refractivity contribution in [3.8, 4) is 11.5 Å². The van der Waals surface area contributed by atoms with Crippen LogP contribution in [0.3, 0.4) is 0 Å². The molecule has 6 nitrogen and oxygen atoms in total. The van der Waals surface area contributed by atoms with Gasteiger partial charge in [0, 0.05) is 24.8 Å². The van der Waals surface area contributed by atoms with Gasteiger partial charge in [0.05, 0.1) is 20.8 Å². The van der Waals surface area contributed by atoms with Crippen LogP contribution in [0.5, 0.6) is 11.5 Å². The number of ether oxygens (including phenoxy) is 2. The summed E-state index contributed by atoms with van der Waals surface area (Å²) in [6, 6.07) is 5.44. The van der Waals surface area contributed by atoms with E-state index in [1.165, 1.54) is 0 Å². The number of methoxy groups -OCH3 is 2. The lowest BCUT2D eigenvalue weighted by Crippen LogP contribution is -2.34. The van der Waals surface area contributed by atoms with Gasteiger partial charge in [0.1, 0.15) is 0 Å². The number of likely N-dealkylation sites (N-methyl/N-ethyl adjacent to an activating group) is 1. The highest BCUT2D eigenvalue weighted by Crippen LogP contribution is 2.29. The van der Waals surface area contributed by atoms with Gasteiger partial charge in [0.25, 0.3) is 0 Å². The van der Waals surface area contributed by atoms with Gasteiger partial charge in [-0.05, 0) is 26.2 Å². The van der Waals surface area contributed by atoms with E-state index in [1.54, 1.807) is 26.4 Å². The smallest absolute Gasteiger partial charge is 0.239 e. The molecular formula is C14H23N3O3. The van der Waals surface area contributed by atoms with E-state index in [9.17, 15) is 4.79 Å². The van der Waals surface area contributed by atoms with Crippen molar-refractivity contribution in [2.45, 2.75) is 0 Å². The zero-order valence-corrected chi connectivity index (χ0v) is 12.5. The van der Waals surface area contributed by atoms with Crippen LogP contribution in [0, 0.1) is 0 Å². The maximum absolute atomic E-state index is 11.6. The molecule has 0 heterocycles. The fraction of sp³-hybridized carbons (Fsp3) is 0.500. The predicted octanol–water partition coefficient (Wildman–Crippen LogP) is 0.793. The first kappa shape index (κ1) is 16.1. The van der Waals surface area contributed by atoms with E-state index in [4.69, 9.17) is 9.47 Å². The van der Waals surface area contributed by atoms with Crippen LogP contribution in [0.4, 0.5) is 5.69 Å². The number of carbonyl (C=O) groups is 1. The van der Waals surface area contributed by atoms with Gasteiger partial charge in [-0.2, -0.15) is 0 Å². The molecule has 20 heavy (non-hydrogen) atoms. The molecule has 0 aliphatic carbocycles. The molecule has 0 aromatic heterocycles. The third-order valence-electron chi connectivity index (χ3n) is 2.72. The highest BCUT2D eigenvalue weighted by Gasteiger charge is 2.05. The van der Waals surface area contributed by atoms with Crippen LogP contribution in [-0.4, -0.2) is 58.8 Å². The molecule has 0 radical (unpaired) electrons. The summed E-state index contributed by atoms with van der Waals surface area (Å²) in [5.74, 6) is 1.25. The topological polar surface area (TPSA) is 62.8 Å². The normalized spacial score (nSPS) is 10.2. The van der Waals surface area contributed by atoms with Crippen molar-refractivity contribution < 1.29 is 14.3 Å². The number of nitrogens with zero attached hydrogens (tertiary/aromatic N) is 1. The van der Waals surface area contributed by atoms with Gasteiger partial charge >= 0.3 is 0 Å². The number of anilines is 1. The minimum absolute atomic E-state index is 0.0402. The maximum atomic E-state index is 11.6. The van der Waals surface area contributed by atoms with E-state index in [0.717, 1.165) is 12.2 Å². The van der Waals surface area contributed by atoms with Gasteiger partial charge < -0.3 is 25.0 Å². The molecule has 1 rings (SSSR count). The number of rotatable bonds is 8. The van der Waals surface area contributed by atoms with E-state index in [1.807, 2.05) is 25.1 Å². The van der Waals surface area contributed by atoms with Gasteiger partial charge in [0.2, 0.25) is 5.91 Å². The van der Waals surface area contributed by atoms with Crippen LogP contribution in [0.15, 0.2) is 18.2 Å². The van der Waals surface area contributed by atoms with Gasteiger partial charge in [-0.25, -0.2) is 0 Å². The second kappa shape index (κ2) is 8.27. The molecule has 1 amide bonds. The Morgan fingerprint density at radius 1 is 1.20 bits per heavy atom. The molecule has 0 bridgehead atoms. The standard InChI is InChI=1S/C14H23N3O3/c1-17(2)8-7-15-14(18)10-16-11-5-6-12(19-3)13(9-11)20-4/h5-6,9,16H,7-8,10H2,1-4H3,(H,15,18). The SMILES string of the molecule is COc1ccc(NCC(=O)NCCN(C)C)cc1OC. The molecule has 6 heteroatoms. The zero-order chi connectivity index (χ0) is 15.0. The van der Waals surface area contributed by atoms with Crippen molar-refractivity contribution in [3.05, 3.63) is 18.2 Å². The molecule has 0 atom stereocenters. The molecule has 0 spiro atoms. The van der Waals surface area contributed by atoms with Gasteiger partial charge in [0.15, 0.2) is 11.5 Å². The summed E-state index contributed by atoms with van der Waals surface area (Å²) >= 11 is 0. The largest absolute Gasteiger partial charge is 0.493 e. The van der Waals surface area contributed by atoms with Crippen molar-refractivity contribution in [1.82, 2.24) is 10.2 Å². The minimum Gasteiger partial charge on any atom is -0.493 e. The first-order valence-electron chi connectivity index (χ1n) is 6.44. The molecule has 0 saturated carbocycles. The van der Waals surface area contributed by atoms with Gasteiger partial charge in [-0.1, -0.05) is 0 Å². The summed E-state index contributed by atoms with van der Waals surface area (Å²) in [4.78, 5) is 13.6. The molecule has 2 N–H and O–H groups in total. The third kappa shape index (κ3) is 5.36. The van der Waals surface area contributed by atoms with Gasteiger partial charge in [-0.3, -0.25) is 4.79 Å². The van der Waals surface area contributed by atoms with Crippen LogP contribution in [0.2, 0.25) is 0 Å². The summed E-state index contributed by atoms with van der Waals surface area (Å²) in [5.41, 5.74) is 0.811. The van der Waals surface area contributed by atoms with E-state index in [0.29, 0.717) is 18.0 Å². The molecule has 0 fully saturated rings. The van der Waals surface area contributed by atoms with Crippen LogP contribution in [0.1, 0.15) is 0 Å². The lowest BCUT2D eigenvalue weighted by atomic mass is 10.2. The predicted molar refractivity (Wildman–Crippen MR) is 79.6 cm³/mol. The van der Waals surface area contributed by atoms with Crippen molar-refractivity contribution in [1.29, 1.82) is 0 Å². The first-order chi connectivity index (χ1) is 9.56. The Kier molecular flexibility index (Phi) is 6.66. The third-order valence-corrected chi connectivity index (χ3v) is 2.72. The maximum Gasteiger partial charge on any atom is 0.239 e. The second-order valence-corrected chi connectivity index (χ2v) is 4.58. The van der Waals surface area contributed by atoms with E-state index in [2.05, 4.69) is 10.6 Å². The average Bonchev–Trinajstić information content (AvgIpc) is 2.44. The molecule has 1 aromatic carbocycles. The molecule has 112 valence electrons. The van der Waals surface area contributed by atoms with Crippen LogP contribution < -0.4 is 20.1 Å². The average molecular weight is 281 g/mol. The zero-order valence-electron chi connectivity index (χ0n) is 12.5. The lowest BCUT2D eigenvalue weighted by Gasteiger charge is -2.12. The van der Waals surface area contributed by atoms with Crippen molar-refractivity contribution in [2.24, 2.45) is 0 Å². The Labute approximate surface area is 120 Å². The van der Waals surface area contributed by atoms with E-state index in [-0.39, 0.29) is 12.5 Å². The Morgan fingerprint density at radius 2 is 1.90 bits per heavy atom. The van der Waals surface area contributed by atoms with Crippen LogP contribution >= 0.6 is 0 Å². The lowest BCUT2D eigenvalue weighted by molar-refractivity contribution is -0.119. The summed E-state index contributed by atoms with van der Waals surface area (Å²) in [7, 11) is 7.10. The summed E-state index contributed by atoms with van der Waals surface area (Å²) < 4.78 is 10.4. The number of amides is 1. The molecular weight excluding hydrogens is 258 g/mol. The molecule has 0 aliphatic heterocycles. The van der Waals surface area contributed by atoms with E-state index >= 15 is 0 Å². The number of hydrogen-bond acceptors (Lipinski definition) is 5. The summed E-state index contributed by atoms with van der Waals surface area (Å²) in [6.07, 6.45) is 0. The van der Waals surface area contributed by atoms with Crippen molar-refractivity contribution >= 4 is 11.6 Å². The quantitative estimate of drug-likeness (QED) is 0.738. The Balaban J connectivity index is 2.43. The highest BCUT2D eigenvalue weighted by atomic mass is 16.5. The number of carbonyl (C=O) groups excluding carboxylic acids is 1. The molecule has 0 aliphatic rings. The van der Waals surface area contributed by atoms with E-state index < -0.39 is 0 Å². The molecule has 0 unspecified atom stereocenters. The van der Waals surface area contributed by atoms with Crippen LogP contribution in [0.25, 0.3) is 0 Å². The molecule has 0 saturated heterocycles. The number of benzene rings is 1. The first-order valence-corrected chi connectivity index (χ1v) is 6.44. The monoisotopic (exact) mass is 281 g/mol. The fourth-order valence-electron chi connectivity index (χ4n) is 1.61. The Morgan fingerprint density at radius 3 is 2.50 bits per heavy atom. The van der Waals surface area contributed by atoms with Crippen molar-refractivity contribution in [3.63, 3.8) is 0 Å². The van der Waals surface area contributed by atoms with Crippen LogP contribution in [-0.2, 0) is 4.79 Å². The number of nitrogens with one attached hydrogen (secondary N) is 2. The van der Waals surface area contributed by atoms with Gasteiger partial charge in [-0.15, -0.1) is 0 Å². The highest BCUT2D eigenvalue weighted by molar-refractivity contribution is 5.80. The second-order valence-electron chi connectivity index (χ2n) is 4.58.